The van der Waals surface area contributed by atoms with E-state index in [0.717, 1.165) is 25.9 Å². The predicted octanol–water partition coefficient (Wildman–Crippen LogP) is 3.84. The van der Waals surface area contributed by atoms with Crippen LogP contribution in [0.3, 0.4) is 0 Å². The molecule has 0 rings (SSSR count). The molecule has 0 aliphatic carbocycles. The highest BCUT2D eigenvalue weighted by molar-refractivity contribution is 4.49. The molecule has 0 aromatic heterocycles. The molecule has 0 radical (unpaired) electrons. The van der Waals surface area contributed by atoms with E-state index in [9.17, 15) is 5.21 Å². The minimum Gasteiger partial charge on any atom is -0.314 e. The summed E-state index contributed by atoms with van der Waals surface area (Å²) >= 11 is 0. The van der Waals surface area contributed by atoms with Gasteiger partial charge in [0.2, 0.25) is 0 Å². The van der Waals surface area contributed by atoms with E-state index in [1.807, 2.05) is 0 Å². The lowest BCUT2D eigenvalue weighted by atomic mass is 10.2. The van der Waals surface area contributed by atoms with Gasteiger partial charge in [-0.15, -0.1) is 0 Å². The average molecular weight is 201 g/mol. The molecular weight excluding hydrogens is 174 g/mol. The second-order valence-electron chi connectivity index (χ2n) is 4.07. The maximum Gasteiger partial charge on any atom is 0.0238 e. The Hall–Kier alpha value is -0.0800. The lowest BCUT2D eigenvalue weighted by Crippen LogP contribution is -2.21. The molecule has 0 aliphatic rings. The smallest absolute Gasteiger partial charge is 0.0238 e. The third-order valence-electron chi connectivity index (χ3n) is 2.54. The van der Waals surface area contributed by atoms with E-state index in [1.165, 1.54) is 43.6 Å². The quantitative estimate of drug-likeness (QED) is 0.429. The van der Waals surface area contributed by atoms with E-state index < -0.39 is 0 Å². The molecule has 0 amide bonds. The van der Waals surface area contributed by atoms with E-state index >= 15 is 0 Å². The van der Waals surface area contributed by atoms with Crippen molar-refractivity contribution in [1.29, 1.82) is 0 Å². The summed E-state index contributed by atoms with van der Waals surface area (Å²) in [6.07, 6.45) is 9.90. The molecule has 0 spiro atoms. The van der Waals surface area contributed by atoms with Gasteiger partial charge in [0.15, 0.2) is 0 Å². The van der Waals surface area contributed by atoms with E-state index in [0.29, 0.717) is 0 Å². The van der Waals surface area contributed by atoms with Crippen molar-refractivity contribution in [2.75, 3.05) is 13.1 Å². The number of rotatable bonds is 10. The van der Waals surface area contributed by atoms with Crippen LogP contribution in [0, 0.1) is 0 Å². The van der Waals surface area contributed by atoms with Gasteiger partial charge in [0, 0.05) is 13.1 Å². The van der Waals surface area contributed by atoms with Crippen molar-refractivity contribution >= 4 is 0 Å². The molecule has 2 nitrogen and oxygen atoms in total. The maximum atomic E-state index is 9.48. The summed E-state index contributed by atoms with van der Waals surface area (Å²) in [4.78, 5) is 0. The Balaban J connectivity index is 3.07. The topological polar surface area (TPSA) is 23.5 Å². The van der Waals surface area contributed by atoms with E-state index in [4.69, 9.17) is 0 Å². The third-order valence-corrected chi connectivity index (χ3v) is 2.54. The molecule has 0 aromatic rings. The molecule has 0 bridgehead atoms. The summed E-state index contributed by atoms with van der Waals surface area (Å²) < 4.78 is 0. The van der Waals surface area contributed by atoms with Crippen molar-refractivity contribution < 1.29 is 5.21 Å². The highest BCUT2D eigenvalue weighted by Gasteiger charge is 1.99. The van der Waals surface area contributed by atoms with Gasteiger partial charge in [0.25, 0.3) is 0 Å². The Bertz CT molecular complexity index is 94.5. The van der Waals surface area contributed by atoms with Crippen LogP contribution in [0.2, 0.25) is 0 Å². The van der Waals surface area contributed by atoms with Gasteiger partial charge in [-0.25, -0.2) is 0 Å². The molecule has 0 aromatic carbocycles. The zero-order chi connectivity index (χ0) is 10.6. The molecule has 0 saturated heterocycles. The van der Waals surface area contributed by atoms with Crippen LogP contribution < -0.4 is 0 Å². The minimum absolute atomic E-state index is 0.853. The second kappa shape index (κ2) is 11.0. The number of hydroxylamine groups is 2. The standard InChI is InChI=1S/C12H27NO/c1-3-5-7-9-11-13(14)12-10-8-6-4-2/h14H,3-12H2,1-2H3. The summed E-state index contributed by atoms with van der Waals surface area (Å²) in [7, 11) is 0. The van der Waals surface area contributed by atoms with E-state index in [1.54, 1.807) is 0 Å². The predicted molar refractivity (Wildman–Crippen MR) is 61.6 cm³/mol. The molecular formula is C12H27NO. The summed E-state index contributed by atoms with van der Waals surface area (Å²) in [5.74, 6) is 0. The Kier molecular flexibility index (Phi) is 10.9. The van der Waals surface area contributed by atoms with Crippen molar-refractivity contribution in [2.45, 2.75) is 65.2 Å². The summed E-state index contributed by atoms with van der Waals surface area (Å²) in [5.41, 5.74) is 0. The Morgan fingerprint density at radius 3 is 1.50 bits per heavy atom. The van der Waals surface area contributed by atoms with Gasteiger partial charge in [-0.2, -0.15) is 5.06 Å². The summed E-state index contributed by atoms with van der Waals surface area (Å²) in [6, 6.07) is 0. The van der Waals surface area contributed by atoms with Crippen molar-refractivity contribution in [3.05, 3.63) is 0 Å². The summed E-state index contributed by atoms with van der Waals surface area (Å²) in [6.45, 7) is 6.13. The fourth-order valence-electron chi connectivity index (χ4n) is 1.55. The molecule has 0 unspecified atom stereocenters. The van der Waals surface area contributed by atoms with Crippen LogP contribution in [0.5, 0.6) is 0 Å². The zero-order valence-electron chi connectivity index (χ0n) is 9.97. The number of hydrogen-bond donors (Lipinski definition) is 1. The van der Waals surface area contributed by atoms with Crippen LogP contribution >= 0.6 is 0 Å². The minimum atomic E-state index is 0.853. The number of nitrogens with zero attached hydrogens (tertiary/aromatic N) is 1. The van der Waals surface area contributed by atoms with E-state index in [2.05, 4.69) is 13.8 Å². The largest absolute Gasteiger partial charge is 0.314 e. The Labute approximate surface area is 89.3 Å². The van der Waals surface area contributed by atoms with Crippen LogP contribution in [-0.2, 0) is 0 Å². The first-order valence-electron chi connectivity index (χ1n) is 6.25. The number of hydrogen-bond acceptors (Lipinski definition) is 2. The van der Waals surface area contributed by atoms with Gasteiger partial charge in [-0.1, -0.05) is 52.4 Å². The van der Waals surface area contributed by atoms with Gasteiger partial charge in [0.05, 0.1) is 0 Å². The van der Waals surface area contributed by atoms with Gasteiger partial charge in [-0.05, 0) is 12.8 Å². The SMILES string of the molecule is CCCCCCN(O)CCCCCC. The number of unbranched alkanes of at least 4 members (excludes halogenated alkanes) is 6. The Morgan fingerprint density at radius 1 is 0.714 bits per heavy atom. The third kappa shape index (κ3) is 10.0. The fourth-order valence-corrected chi connectivity index (χ4v) is 1.55. The van der Waals surface area contributed by atoms with Crippen molar-refractivity contribution in [1.82, 2.24) is 5.06 Å². The molecule has 14 heavy (non-hydrogen) atoms. The van der Waals surface area contributed by atoms with Crippen molar-refractivity contribution in [2.24, 2.45) is 0 Å². The lowest BCUT2D eigenvalue weighted by molar-refractivity contribution is -0.0924. The molecule has 2 heteroatoms. The molecule has 0 atom stereocenters. The van der Waals surface area contributed by atoms with Gasteiger partial charge in [-0.3, -0.25) is 0 Å². The fraction of sp³-hybridized carbons (Fsp3) is 1.00. The maximum absolute atomic E-state index is 9.48. The molecule has 0 heterocycles. The molecule has 0 fully saturated rings. The van der Waals surface area contributed by atoms with E-state index in [-0.39, 0.29) is 0 Å². The Morgan fingerprint density at radius 2 is 1.14 bits per heavy atom. The molecule has 0 saturated carbocycles. The molecule has 86 valence electrons. The van der Waals surface area contributed by atoms with Gasteiger partial charge >= 0.3 is 0 Å². The first-order valence-corrected chi connectivity index (χ1v) is 6.25. The highest BCUT2D eigenvalue weighted by Crippen LogP contribution is 2.03. The van der Waals surface area contributed by atoms with Crippen LogP contribution in [0.15, 0.2) is 0 Å². The highest BCUT2D eigenvalue weighted by atomic mass is 16.5. The van der Waals surface area contributed by atoms with Crippen LogP contribution in [0.25, 0.3) is 0 Å². The first kappa shape index (κ1) is 13.9. The average Bonchev–Trinajstić information content (AvgIpc) is 2.19. The summed E-state index contributed by atoms with van der Waals surface area (Å²) in [5, 5.41) is 11.0. The molecule has 0 aliphatic heterocycles. The van der Waals surface area contributed by atoms with Crippen LogP contribution in [-0.4, -0.2) is 23.4 Å². The normalized spacial score (nSPS) is 11.1. The molecule has 1 N–H and O–H groups in total. The second-order valence-corrected chi connectivity index (χ2v) is 4.07. The zero-order valence-corrected chi connectivity index (χ0v) is 9.97. The monoisotopic (exact) mass is 201 g/mol. The van der Waals surface area contributed by atoms with Crippen LogP contribution in [0.4, 0.5) is 0 Å². The lowest BCUT2D eigenvalue weighted by Gasteiger charge is -2.13. The van der Waals surface area contributed by atoms with Crippen molar-refractivity contribution in [3.63, 3.8) is 0 Å². The van der Waals surface area contributed by atoms with Gasteiger partial charge < -0.3 is 5.21 Å². The van der Waals surface area contributed by atoms with Crippen molar-refractivity contribution in [3.8, 4) is 0 Å². The first-order chi connectivity index (χ1) is 6.81. The van der Waals surface area contributed by atoms with Crippen LogP contribution in [0.1, 0.15) is 65.2 Å². The van der Waals surface area contributed by atoms with Gasteiger partial charge in [0.1, 0.15) is 0 Å².